The van der Waals surface area contributed by atoms with Gasteiger partial charge in [0.25, 0.3) is 0 Å². The molecule has 0 saturated carbocycles. The van der Waals surface area contributed by atoms with Crippen LogP contribution in [0, 0.1) is 0 Å². The molecule has 0 aliphatic carbocycles. The Bertz CT molecular complexity index is 1490. The lowest BCUT2D eigenvalue weighted by atomic mass is 9.80. The predicted octanol–water partition coefficient (Wildman–Crippen LogP) is 16.5. The third kappa shape index (κ3) is 24.1. The molecule has 63 heavy (non-hydrogen) atoms. The molecule has 0 bridgehead atoms. The molecule has 0 N–H and O–H groups in total. The Morgan fingerprint density at radius 2 is 0.762 bits per heavy atom. The first-order chi connectivity index (χ1) is 31.1. The molecular weight excluding hydrogens is 777 g/mol. The highest BCUT2D eigenvalue weighted by molar-refractivity contribution is 5.70. The van der Waals surface area contributed by atoms with E-state index in [1.54, 1.807) is 0 Å². The summed E-state index contributed by atoms with van der Waals surface area (Å²) in [4.78, 5) is 26.4. The molecule has 5 heteroatoms. The number of allylic oxidation sites excluding steroid dienone is 4. The first-order valence-corrected chi connectivity index (χ1v) is 25.6. The number of hydrogen-bond donors (Lipinski definition) is 0. The van der Waals surface area contributed by atoms with Crippen LogP contribution in [0.3, 0.4) is 0 Å². The van der Waals surface area contributed by atoms with Crippen LogP contribution in [-0.4, -0.2) is 31.3 Å². The summed E-state index contributed by atoms with van der Waals surface area (Å²) < 4.78 is 19.0. The largest absolute Gasteiger partial charge is 0.462 e. The van der Waals surface area contributed by atoms with Gasteiger partial charge in [-0.1, -0.05) is 232 Å². The van der Waals surface area contributed by atoms with Crippen LogP contribution in [-0.2, 0) is 29.4 Å². The third-order valence-corrected chi connectivity index (χ3v) is 12.0. The van der Waals surface area contributed by atoms with Crippen molar-refractivity contribution in [3.05, 3.63) is 132 Å². The molecule has 0 aliphatic rings. The van der Waals surface area contributed by atoms with Crippen molar-refractivity contribution in [2.75, 3.05) is 13.2 Å². The summed E-state index contributed by atoms with van der Waals surface area (Å²) in [5.74, 6) is -0.536. The van der Waals surface area contributed by atoms with Crippen LogP contribution < -0.4 is 0 Å². The summed E-state index contributed by atoms with van der Waals surface area (Å²) in [5, 5.41) is 0. The third-order valence-electron chi connectivity index (χ3n) is 12.0. The van der Waals surface area contributed by atoms with E-state index in [9.17, 15) is 9.59 Å². The van der Waals surface area contributed by atoms with Gasteiger partial charge in [0.1, 0.15) is 12.2 Å². The van der Waals surface area contributed by atoms with Crippen molar-refractivity contribution in [3.8, 4) is 0 Å². The number of esters is 2. The molecule has 348 valence electrons. The van der Waals surface area contributed by atoms with Gasteiger partial charge in [-0.3, -0.25) is 9.59 Å². The van der Waals surface area contributed by atoms with E-state index in [1.165, 1.54) is 116 Å². The molecule has 0 fully saturated rings. The average Bonchev–Trinajstić information content (AvgIpc) is 3.31. The molecule has 0 heterocycles. The van der Waals surface area contributed by atoms with Crippen LogP contribution in [0.5, 0.6) is 0 Å². The minimum atomic E-state index is -0.981. The summed E-state index contributed by atoms with van der Waals surface area (Å²) in [5.41, 5.74) is 1.90. The van der Waals surface area contributed by atoms with Gasteiger partial charge in [-0.05, 0) is 80.9 Å². The Balaban J connectivity index is 1.50. The number of ether oxygens (including phenoxy) is 3. The fourth-order valence-electron chi connectivity index (χ4n) is 8.29. The van der Waals surface area contributed by atoms with E-state index >= 15 is 0 Å². The molecule has 0 radical (unpaired) electrons. The predicted molar refractivity (Wildman–Crippen MR) is 265 cm³/mol. The smallest absolute Gasteiger partial charge is 0.306 e. The van der Waals surface area contributed by atoms with Crippen LogP contribution >= 0.6 is 0 Å². The van der Waals surface area contributed by atoms with Crippen molar-refractivity contribution >= 4 is 11.9 Å². The van der Waals surface area contributed by atoms with Gasteiger partial charge in [0.15, 0.2) is 6.10 Å². The Kier molecular flexibility index (Phi) is 30.8. The van der Waals surface area contributed by atoms with E-state index < -0.39 is 11.7 Å². The van der Waals surface area contributed by atoms with Crippen LogP contribution in [0.25, 0.3) is 0 Å². The van der Waals surface area contributed by atoms with Gasteiger partial charge in [-0.2, -0.15) is 0 Å². The van der Waals surface area contributed by atoms with Crippen molar-refractivity contribution in [1.82, 2.24) is 0 Å². The van der Waals surface area contributed by atoms with Gasteiger partial charge in [0.05, 0.1) is 6.61 Å². The normalized spacial score (nSPS) is 12.3. The second kappa shape index (κ2) is 36.4. The monoisotopic (exact) mass is 863 g/mol. The van der Waals surface area contributed by atoms with Gasteiger partial charge in [-0.15, -0.1) is 0 Å². The summed E-state index contributed by atoms with van der Waals surface area (Å²) >= 11 is 0. The minimum absolute atomic E-state index is 0.0452. The van der Waals surface area contributed by atoms with Crippen LogP contribution in [0.4, 0.5) is 0 Å². The maximum atomic E-state index is 13.4. The standard InChI is InChI=1S/C58H86O5/c1-3-5-7-9-11-13-15-17-19-21-23-25-27-29-40-48-56(59)61-50-55(63-57(60)49-41-30-28-26-24-22-20-18-16-14-12-10-8-6-4-2)51-62-58(52-42-34-31-35-43-52,53-44-36-32-37-45-53)54-46-38-33-39-47-54/h17-20,31-39,42-47,55H,3-16,21-30,40-41,48-51H2,1-2H3/b19-17+,20-18+/t55-/m1/s1. The molecule has 3 aromatic rings. The highest BCUT2D eigenvalue weighted by atomic mass is 16.6. The lowest BCUT2D eigenvalue weighted by Crippen LogP contribution is -2.38. The summed E-state index contributed by atoms with van der Waals surface area (Å²) in [6.45, 7) is 4.54. The van der Waals surface area contributed by atoms with Gasteiger partial charge >= 0.3 is 11.9 Å². The van der Waals surface area contributed by atoms with E-state index in [0.717, 1.165) is 68.1 Å². The molecule has 5 nitrogen and oxygen atoms in total. The van der Waals surface area contributed by atoms with Gasteiger partial charge in [0, 0.05) is 12.8 Å². The summed E-state index contributed by atoms with van der Waals surface area (Å²) in [7, 11) is 0. The van der Waals surface area contributed by atoms with E-state index in [2.05, 4.69) is 74.5 Å². The first-order valence-electron chi connectivity index (χ1n) is 25.6. The second-order valence-electron chi connectivity index (χ2n) is 17.6. The van der Waals surface area contributed by atoms with Gasteiger partial charge in [-0.25, -0.2) is 0 Å². The molecule has 0 saturated heterocycles. The van der Waals surface area contributed by atoms with Gasteiger partial charge in [0.2, 0.25) is 0 Å². The molecule has 0 aliphatic heterocycles. The van der Waals surface area contributed by atoms with Crippen LogP contribution in [0.1, 0.15) is 210 Å². The van der Waals surface area contributed by atoms with Crippen molar-refractivity contribution in [3.63, 3.8) is 0 Å². The first kappa shape index (κ1) is 53.4. The van der Waals surface area contributed by atoms with Crippen LogP contribution in [0.15, 0.2) is 115 Å². The highest BCUT2D eigenvalue weighted by Gasteiger charge is 2.38. The number of carbonyl (C=O) groups excluding carboxylic acids is 2. The Labute approximate surface area is 384 Å². The maximum Gasteiger partial charge on any atom is 0.306 e. The maximum absolute atomic E-state index is 13.4. The van der Waals surface area contributed by atoms with Crippen molar-refractivity contribution in [2.24, 2.45) is 0 Å². The van der Waals surface area contributed by atoms with E-state index in [-0.39, 0.29) is 25.2 Å². The Morgan fingerprint density at radius 1 is 0.429 bits per heavy atom. The summed E-state index contributed by atoms with van der Waals surface area (Å²) in [6.07, 6.45) is 40.6. The molecule has 3 aromatic carbocycles. The number of hydrogen-bond acceptors (Lipinski definition) is 5. The number of unbranched alkanes of at least 4 members (excludes halogenated alkanes) is 22. The van der Waals surface area contributed by atoms with E-state index in [1.807, 2.05) is 54.6 Å². The Hall–Kier alpha value is -3.96. The van der Waals surface area contributed by atoms with E-state index in [4.69, 9.17) is 14.2 Å². The van der Waals surface area contributed by atoms with E-state index in [0.29, 0.717) is 12.8 Å². The fourth-order valence-corrected chi connectivity index (χ4v) is 8.29. The highest BCUT2D eigenvalue weighted by Crippen LogP contribution is 2.40. The minimum Gasteiger partial charge on any atom is -0.462 e. The summed E-state index contributed by atoms with van der Waals surface area (Å²) in [6, 6.07) is 30.5. The average molecular weight is 863 g/mol. The zero-order valence-corrected chi connectivity index (χ0v) is 39.8. The lowest BCUT2D eigenvalue weighted by Gasteiger charge is -2.37. The number of benzene rings is 3. The molecule has 1 atom stereocenters. The zero-order valence-electron chi connectivity index (χ0n) is 39.8. The fraction of sp³-hybridized carbons (Fsp3) is 0.586. The second-order valence-corrected chi connectivity index (χ2v) is 17.6. The van der Waals surface area contributed by atoms with Crippen molar-refractivity contribution in [1.29, 1.82) is 0 Å². The molecule has 0 aromatic heterocycles. The number of rotatable bonds is 39. The van der Waals surface area contributed by atoms with Crippen molar-refractivity contribution < 1.29 is 23.8 Å². The lowest BCUT2D eigenvalue weighted by molar-refractivity contribution is -0.165. The molecule has 0 amide bonds. The van der Waals surface area contributed by atoms with Crippen molar-refractivity contribution in [2.45, 2.75) is 205 Å². The topological polar surface area (TPSA) is 61.8 Å². The molecule has 0 spiro atoms. The van der Waals surface area contributed by atoms with Gasteiger partial charge < -0.3 is 14.2 Å². The number of carbonyl (C=O) groups is 2. The SMILES string of the molecule is CCCCCCCC/C=C/CCCCCCCC(=O)OC[C@H](COC(c1ccccc1)(c1ccccc1)c1ccccc1)OC(=O)CCCCCCC/C=C/CCCCCCCC. The zero-order chi connectivity index (χ0) is 44.7. The van der Waals surface area contributed by atoms with Crippen LogP contribution in [0.2, 0.25) is 0 Å². The molecular formula is C58H86O5. The molecule has 0 unspecified atom stereocenters. The quantitative estimate of drug-likeness (QED) is 0.0247. The Morgan fingerprint density at radius 3 is 1.14 bits per heavy atom. The molecule has 3 rings (SSSR count).